The maximum absolute atomic E-state index is 4.64. The average molecular weight is 125 g/mol. The van der Waals surface area contributed by atoms with Gasteiger partial charge >= 0.3 is 75.0 Å². The number of rotatable bonds is 3. The molecule has 4 heteroatoms. The van der Waals surface area contributed by atoms with E-state index in [1.165, 1.54) is 0 Å². The van der Waals surface area contributed by atoms with Gasteiger partial charge in [-0.2, -0.15) is 0 Å². The molecule has 0 amide bonds. The second-order valence-electron chi connectivity index (χ2n) is 0.864. The first kappa shape index (κ1) is 11.3. The monoisotopic (exact) mass is 125 g/mol. The minimum absolute atomic E-state index is 0. The Morgan fingerprint density at radius 2 is 2.00 bits per heavy atom. The second kappa shape index (κ2) is 10.4. The van der Waals surface area contributed by atoms with E-state index in [2.05, 4.69) is 25.1 Å². The van der Waals surface area contributed by atoms with Crippen LogP contribution in [0.5, 0.6) is 0 Å². The Hall–Kier alpha value is 1.45. The van der Waals surface area contributed by atoms with E-state index in [0.717, 1.165) is 0 Å². The van der Waals surface area contributed by atoms with Gasteiger partial charge in [0.05, 0.1) is 0 Å². The molecule has 0 saturated carbocycles. The Labute approximate surface area is 74.6 Å². The molecule has 2 nitrogen and oxygen atoms in total. The largest absolute Gasteiger partial charge is 1.00 e. The minimum Gasteiger partial charge on any atom is 1.00 e. The molecular weight excluding hydrogens is 118 g/mol. The van der Waals surface area contributed by atoms with Crippen LogP contribution in [-0.2, 0) is 8.53 Å². The summed E-state index contributed by atoms with van der Waals surface area (Å²) in [7, 11) is 1.64. The Kier molecular flexibility index (Phi) is 16.8. The third kappa shape index (κ3) is 11.2. The van der Waals surface area contributed by atoms with Gasteiger partial charge in [0.2, 0.25) is 0 Å². The van der Waals surface area contributed by atoms with Crippen molar-refractivity contribution < 1.29 is 38.1 Å². The molecule has 32 valence electrons. The molecule has 0 aliphatic carbocycles. The molecule has 0 rings (SSSR count). The molecule has 0 radical (unpaired) electrons. The van der Waals surface area contributed by atoms with Crippen molar-refractivity contribution in [2.75, 3.05) is 20.3 Å². The fourth-order valence-electron chi connectivity index (χ4n) is 0.131. The summed E-state index contributed by atoms with van der Waals surface area (Å²) in [6.45, 7) is 1.32. The summed E-state index contributed by atoms with van der Waals surface area (Å²) >= 11 is 2.15. The van der Waals surface area contributed by atoms with E-state index < -0.39 is 0 Å². The van der Waals surface area contributed by atoms with Crippen molar-refractivity contribution in [3.8, 4) is 0 Å². The summed E-state index contributed by atoms with van der Waals surface area (Å²) in [6, 6.07) is 0. The van der Waals surface area contributed by atoms with Crippen molar-refractivity contribution in [1.29, 1.82) is 0 Å². The van der Waals surface area contributed by atoms with Crippen LogP contribution in [0.15, 0.2) is 0 Å². The fourth-order valence-corrected chi connectivity index (χ4v) is 0.228. The van der Waals surface area contributed by atoms with Crippen LogP contribution in [0.2, 0.25) is 0 Å². The first-order valence-electron chi connectivity index (χ1n) is 1.72. The molecule has 0 bridgehead atoms. The van der Waals surface area contributed by atoms with Crippen molar-refractivity contribution in [3.05, 3.63) is 0 Å². The number of methoxy groups -OCH3 is 1. The number of hydrogen-bond acceptors (Lipinski definition) is 2. The van der Waals surface area contributed by atoms with Gasteiger partial charge in [0.15, 0.2) is 0 Å². The normalized spacial score (nSPS) is 7.86. The third-order valence-electron chi connectivity index (χ3n) is 0.405. The number of ether oxygens (including phenoxy) is 1. The van der Waals surface area contributed by atoms with Gasteiger partial charge in [-0.05, 0) is 0 Å². The zero-order valence-electron chi connectivity index (χ0n) is 4.81. The molecule has 7 heavy (non-hydrogen) atoms. The Bertz CT molecular complexity index is 24.9. The van der Waals surface area contributed by atoms with Gasteiger partial charge < -0.3 is 0 Å². The van der Waals surface area contributed by atoms with Crippen LogP contribution in [-0.4, -0.2) is 36.9 Å². The van der Waals surface area contributed by atoms with Crippen LogP contribution in [0.25, 0.3) is 0 Å². The number of hydrogen-bond donors (Lipinski definition) is 0. The molecule has 0 N–H and O–H groups in total. The molecular formula is C3H7AlNaO2+3. The van der Waals surface area contributed by atoms with E-state index in [9.17, 15) is 0 Å². The first-order chi connectivity index (χ1) is 2.91. The van der Waals surface area contributed by atoms with Crippen LogP contribution in [0.3, 0.4) is 0 Å². The molecule has 0 aliphatic rings. The van der Waals surface area contributed by atoms with Crippen molar-refractivity contribution in [2.45, 2.75) is 0 Å². The van der Waals surface area contributed by atoms with E-state index in [1.807, 2.05) is 0 Å². The van der Waals surface area contributed by atoms with Crippen LogP contribution in [0, 0.1) is 0 Å². The van der Waals surface area contributed by atoms with E-state index >= 15 is 0 Å². The maximum Gasteiger partial charge on any atom is 1.00 e. The van der Waals surface area contributed by atoms with Gasteiger partial charge in [-0.15, -0.1) is 0 Å². The molecule has 0 aromatic heterocycles. The van der Waals surface area contributed by atoms with E-state index in [-0.39, 0.29) is 29.6 Å². The summed E-state index contributed by atoms with van der Waals surface area (Å²) in [5.74, 6) is 0. The maximum atomic E-state index is 4.64. The average Bonchev–Trinajstić information content (AvgIpc) is 1.61. The zero-order valence-corrected chi connectivity index (χ0v) is 7.96. The first-order valence-corrected chi connectivity index (χ1v) is 2.19. The molecule has 0 aliphatic heterocycles. The smallest absolute Gasteiger partial charge is 1.00 e. The second-order valence-corrected chi connectivity index (χ2v) is 1.20. The fraction of sp³-hybridized carbons (Fsp3) is 1.00. The van der Waals surface area contributed by atoms with Gasteiger partial charge in [-0.25, -0.2) is 0 Å². The standard InChI is InChI=1S/C3H7O2.Al.Na/c1-5-3-2-4;;/h2-3H2,1H3;;/q-1;+3;+1. The topological polar surface area (TPSA) is 18.5 Å². The van der Waals surface area contributed by atoms with Gasteiger partial charge in [-0.1, -0.05) is 0 Å². The van der Waals surface area contributed by atoms with Gasteiger partial charge in [-0.3, -0.25) is 0 Å². The summed E-state index contributed by atoms with van der Waals surface area (Å²) < 4.78 is 9.22. The molecule has 0 heterocycles. The van der Waals surface area contributed by atoms with Crippen molar-refractivity contribution >= 4 is 16.6 Å². The SMILES string of the molecule is COCC[O][Al+2].[Na+]. The Morgan fingerprint density at radius 3 is 2.14 bits per heavy atom. The van der Waals surface area contributed by atoms with Crippen molar-refractivity contribution in [3.63, 3.8) is 0 Å². The molecule has 0 unspecified atom stereocenters. The van der Waals surface area contributed by atoms with Crippen molar-refractivity contribution in [2.24, 2.45) is 0 Å². The van der Waals surface area contributed by atoms with Crippen LogP contribution < -0.4 is 29.6 Å². The molecule has 0 spiro atoms. The van der Waals surface area contributed by atoms with E-state index in [4.69, 9.17) is 0 Å². The van der Waals surface area contributed by atoms with Gasteiger partial charge in [0, 0.05) is 0 Å². The Balaban J connectivity index is 0. The molecule has 0 saturated heterocycles. The van der Waals surface area contributed by atoms with Crippen LogP contribution in [0.4, 0.5) is 0 Å². The minimum atomic E-state index is 0. The molecule has 0 aromatic carbocycles. The summed E-state index contributed by atoms with van der Waals surface area (Å²) in [6.07, 6.45) is 0. The van der Waals surface area contributed by atoms with E-state index in [0.29, 0.717) is 13.2 Å². The quantitative estimate of drug-likeness (QED) is 0.291. The summed E-state index contributed by atoms with van der Waals surface area (Å²) in [5, 5.41) is 0. The third-order valence-corrected chi connectivity index (χ3v) is 0.641. The van der Waals surface area contributed by atoms with Gasteiger partial charge in [0.25, 0.3) is 0 Å². The van der Waals surface area contributed by atoms with Gasteiger partial charge in [0.1, 0.15) is 0 Å². The van der Waals surface area contributed by atoms with E-state index in [1.54, 1.807) is 7.11 Å². The van der Waals surface area contributed by atoms with Crippen LogP contribution >= 0.6 is 0 Å². The van der Waals surface area contributed by atoms with Crippen LogP contribution in [0.1, 0.15) is 0 Å². The molecule has 0 atom stereocenters. The predicted octanol–water partition coefficient (Wildman–Crippen LogP) is -3.26. The zero-order chi connectivity index (χ0) is 4.83. The van der Waals surface area contributed by atoms with Crippen molar-refractivity contribution in [1.82, 2.24) is 0 Å². The Morgan fingerprint density at radius 1 is 1.43 bits per heavy atom. The molecule has 0 aromatic rings. The summed E-state index contributed by atoms with van der Waals surface area (Å²) in [5.41, 5.74) is 0. The summed E-state index contributed by atoms with van der Waals surface area (Å²) in [4.78, 5) is 0. The molecule has 0 fully saturated rings. The predicted molar refractivity (Wildman–Crippen MR) is 23.6 cm³/mol.